The Labute approximate surface area is 368 Å². The monoisotopic (exact) mass is 835 g/mol. The van der Waals surface area contributed by atoms with Crippen LogP contribution in [0.15, 0.2) is 0 Å². The van der Waals surface area contributed by atoms with E-state index in [4.69, 9.17) is 14.2 Å². The third-order valence-electron chi connectivity index (χ3n) is 12.1. The highest BCUT2D eigenvalue weighted by Gasteiger charge is 2.19. The molecule has 0 aliphatic rings. The molecule has 350 valence electrons. The van der Waals surface area contributed by atoms with Crippen molar-refractivity contribution in [2.24, 2.45) is 0 Å². The second-order valence-corrected chi connectivity index (χ2v) is 18.2. The molecule has 0 aromatic carbocycles. The zero-order valence-corrected chi connectivity index (χ0v) is 40.1. The van der Waals surface area contributed by atoms with Crippen LogP contribution >= 0.6 is 0 Å². The van der Waals surface area contributed by atoms with E-state index in [0.717, 1.165) is 57.8 Å². The summed E-state index contributed by atoms with van der Waals surface area (Å²) in [5.41, 5.74) is 0. The average molecular weight is 835 g/mol. The van der Waals surface area contributed by atoms with Gasteiger partial charge in [-0.3, -0.25) is 14.4 Å². The van der Waals surface area contributed by atoms with Crippen LogP contribution in [-0.2, 0) is 28.6 Å². The van der Waals surface area contributed by atoms with Gasteiger partial charge in [0.25, 0.3) is 0 Å². The zero-order valence-electron chi connectivity index (χ0n) is 40.1. The molecule has 0 aliphatic carbocycles. The Morgan fingerprint density at radius 3 is 0.678 bits per heavy atom. The first kappa shape index (κ1) is 57.4. The number of unbranched alkanes of at least 4 members (excludes halogenated alkanes) is 38. The molecular weight excluding hydrogens is 733 g/mol. The maximum atomic E-state index is 12.8. The molecule has 0 radical (unpaired) electrons. The smallest absolute Gasteiger partial charge is 0.306 e. The first-order chi connectivity index (χ1) is 29.0. The lowest BCUT2D eigenvalue weighted by molar-refractivity contribution is -0.167. The van der Waals surface area contributed by atoms with Gasteiger partial charge in [0.1, 0.15) is 13.2 Å². The highest BCUT2D eigenvalue weighted by molar-refractivity contribution is 5.71. The molecule has 0 saturated carbocycles. The van der Waals surface area contributed by atoms with E-state index < -0.39 is 6.10 Å². The van der Waals surface area contributed by atoms with Crippen LogP contribution in [0.2, 0.25) is 0 Å². The normalized spacial score (nSPS) is 11.8. The van der Waals surface area contributed by atoms with Gasteiger partial charge in [0, 0.05) is 19.3 Å². The van der Waals surface area contributed by atoms with Gasteiger partial charge in [-0.15, -0.1) is 0 Å². The average Bonchev–Trinajstić information content (AvgIpc) is 3.23. The molecular formula is C53H102O6. The minimum Gasteiger partial charge on any atom is -0.462 e. The molecule has 0 N–H and O–H groups in total. The Balaban J connectivity index is 4.26. The zero-order chi connectivity index (χ0) is 43.0. The summed E-state index contributed by atoms with van der Waals surface area (Å²) < 4.78 is 16.8. The largest absolute Gasteiger partial charge is 0.462 e. The summed E-state index contributed by atoms with van der Waals surface area (Å²) in [5, 5.41) is 0. The number of carbonyl (C=O) groups excluding carboxylic acids is 3. The first-order valence-corrected chi connectivity index (χ1v) is 26.5. The minimum atomic E-state index is -0.759. The maximum Gasteiger partial charge on any atom is 0.306 e. The summed E-state index contributed by atoms with van der Waals surface area (Å²) in [6.07, 6.45) is 52.3. The van der Waals surface area contributed by atoms with Crippen LogP contribution in [0.25, 0.3) is 0 Å². The van der Waals surface area contributed by atoms with Crippen LogP contribution in [-0.4, -0.2) is 37.2 Å². The Morgan fingerprint density at radius 1 is 0.271 bits per heavy atom. The van der Waals surface area contributed by atoms with Crippen LogP contribution in [0, 0.1) is 0 Å². The molecule has 6 nitrogen and oxygen atoms in total. The van der Waals surface area contributed by atoms with Gasteiger partial charge in [0.05, 0.1) is 0 Å². The molecule has 0 aliphatic heterocycles. The highest BCUT2D eigenvalue weighted by Crippen LogP contribution is 2.17. The number of esters is 3. The summed E-state index contributed by atoms with van der Waals surface area (Å²) in [6.45, 7) is 6.68. The van der Waals surface area contributed by atoms with Gasteiger partial charge >= 0.3 is 17.9 Å². The van der Waals surface area contributed by atoms with Gasteiger partial charge in [-0.05, 0) is 19.3 Å². The number of hydrogen-bond acceptors (Lipinski definition) is 6. The molecule has 6 heteroatoms. The van der Waals surface area contributed by atoms with Crippen molar-refractivity contribution in [3.8, 4) is 0 Å². The molecule has 0 aromatic rings. The van der Waals surface area contributed by atoms with E-state index in [1.54, 1.807) is 0 Å². The summed E-state index contributed by atoms with van der Waals surface area (Å²) in [5.74, 6) is -0.840. The SMILES string of the molecule is CCCCCCCCCCCCCCCCCCCC(=O)OC[C@H](COC(=O)CCCCCCCCCCCCCCC)OC(=O)CCCCCCCCCCCCC. The molecule has 0 aromatic heterocycles. The van der Waals surface area contributed by atoms with E-state index in [0.29, 0.717) is 19.3 Å². The summed E-state index contributed by atoms with van der Waals surface area (Å²) in [4.78, 5) is 37.9. The van der Waals surface area contributed by atoms with E-state index in [1.807, 2.05) is 0 Å². The Hall–Kier alpha value is -1.59. The fraction of sp³-hybridized carbons (Fsp3) is 0.943. The molecule has 0 fully saturated rings. The molecule has 0 unspecified atom stereocenters. The molecule has 0 bridgehead atoms. The van der Waals surface area contributed by atoms with Crippen molar-refractivity contribution in [2.45, 2.75) is 309 Å². The van der Waals surface area contributed by atoms with Crippen LogP contribution in [0.4, 0.5) is 0 Å². The standard InChI is InChI=1S/C53H102O6/c1-4-7-10-13-16-19-22-24-25-26-27-29-32-34-37-40-43-46-52(55)58-49-50(59-53(56)47-44-41-38-35-30-21-18-15-12-9-6-3)48-57-51(54)45-42-39-36-33-31-28-23-20-17-14-11-8-5-2/h50H,4-49H2,1-3H3/t50-/m0/s1. The predicted molar refractivity (Wildman–Crippen MR) is 252 cm³/mol. The quantitative estimate of drug-likeness (QED) is 0.0345. The van der Waals surface area contributed by atoms with E-state index in [1.165, 1.54) is 205 Å². The molecule has 0 spiro atoms. The molecule has 1 atom stereocenters. The van der Waals surface area contributed by atoms with Crippen LogP contribution in [0.5, 0.6) is 0 Å². The number of hydrogen-bond donors (Lipinski definition) is 0. The highest BCUT2D eigenvalue weighted by atomic mass is 16.6. The van der Waals surface area contributed by atoms with Crippen molar-refractivity contribution in [1.82, 2.24) is 0 Å². The number of carbonyl (C=O) groups is 3. The topological polar surface area (TPSA) is 78.9 Å². The van der Waals surface area contributed by atoms with Crippen LogP contribution in [0.3, 0.4) is 0 Å². The summed E-state index contributed by atoms with van der Waals surface area (Å²) in [6, 6.07) is 0. The van der Waals surface area contributed by atoms with Crippen molar-refractivity contribution in [1.29, 1.82) is 0 Å². The van der Waals surface area contributed by atoms with Crippen molar-refractivity contribution in [3.05, 3.63) is 0 Å². The molecule has 0 rings (SSSR count). The first-order valence-electron chi connectivity index (χ1n) is 26.5. The lowest BCUT2D eigenvalue weighted by atomic mass is 10.0. The lowest BCUT2D eigenvalue weighted by Gasteiger charge is -2.18. The molecule has 59 heavy (non-hydrogen) atoms. The van der Waals surface area contributed by atoms with E-state index in [2.05, 4.69) is 20.8 Å². The van der Waals surface area contributed by atoms with Gasteiger partial charge < -0.3 is 14.2 Å². The fourth-order valence-electron chi connectivity index (χ4n) is 8.09. The van der Waals surface area contributed by atoms with Gasteiger partial charge in [0.15, 0.2) is 6.10 Å². The predicted octanol–water partition coefficient (Wildman–Crippen LogP) is 17.2. The molecule has 0 heterocycles. The van der Waals surface area contributed by atoms with Crippen molar-refractivity contribution >= 4 is 17.9 Å². The van der Waals surface area contributed by atoms with Crippen molar-refractivity contribution in [3.63, 3.8) is 0 Å². The van der Waals surface area contributed by atoms with Gasteiger partial charge in [-0.1, -0.05) is 265 Å². The summed E-state index contributed by atoms with van der Waals surface area (Å²) >= 11 is 0. The van der Waals surface area contributed by atoms with Gasteiger partial charge in [-0.2, -0.15) is 0 Å². The number of rotatable bonds is 49. The third kappa shape index (κ3) is 47.3. The van der Waals surface area contributed by atoms with Gasteiger partial charge in [0.2, 0.25) is 0 Å². The van der Waals surface area contributed by atoms with Gasteiger partial charge in [-0.25, -0.2) is 0 Å². The van der Waals surface area contributed by atoms with E-state index in [9.17, 15) is 14.4 Å². The molecule has 0 amide bonds. The molecule has 0 saturated heterocycles. The van der Waals surface area contributed by atoms with Crippen LogP contribution < -0.4 is 0 Å². The third-order valence-corrected chi connectivity index (χ3v) is 12.1. The summed E-state index contributed by atoms with van der Waals surface area (Å²) in [7, 11) is 0. The second kappa shape index (κ2) is 49.1. The van der Waals surface area contributed by atoms with E-state index >= 15 is 0 Å². The Morgan fingerprint density at radius 2 is 0.458 bits per heavy atom. The Kier molecular flexibility index (Phi) is 47.7. The van der Waals surface area contributed by atoms with E-state index in [-0.39, 0.29) is 31.1 Å². The fourth-order valence-corrected chi connectivity index (χ4v) is 8.09. The van der Waals surface area contributed by atoms with Crippen molar-refractivity contribution < 1.29 is 28.6 Å². The lowest BCUT2D eigenvalue weighted by Crippen LogP contribution is -2.30. The maximum absolute atomic E-state index is 12.8. The van der Waals surface area contributed by atoms with Crippen molar-refractivity contribution in [2.75, 3.05) is 13.2 Å². The number of ether oxygens (including phenoxy) is 3. The van der Waals surface area contributed by atoms with Crippen LogP contribution in [0.1, 0.15) is 303 Å². The second-order valence-electron chi connectivity index (χ2n) is 18.2. The minimum absolute atomic E-state index is 0.0617. The Bertz CT molecular complexity index is 874.